The van der Waals surface area contributed by atoms with Gasteiger partial charge in [0.05, 0.1) is 12.1 Å². The first kappa shape index (κ1) is 35.7. The Hall–Kier alpha value is -2.78. The van der Waals surface area contributed by atoms with E-state index in [1.165, 1.54) is 22.3 Å². The fraction of sp³-hybridized carbons (Fsp3) is 0.611. The average Bonchev–Trinajstić information content (AvgIpc) is 2.98. The Morgan fingerprint density at radius 2 is 1.27 bits per heavy atom. The molecule has 2 aromatic rings. The summed E-state index contributed by atoms with van der Waals surface area (Å²) in [5, 5.41) is 3.36. The van der Waals surface area contributed by atoms with E-state index in [0.717, 1.165) is 49.9 Å². The van der Waals surface area contributed by atoms with Crippen molar-refractivity contribution in [1.29, 1.82) is 0 Å². The van der Waals surface area contributed by atoms with Gasteiger partial charge in [-0.15, -0.1) is 0 Å². The van der Waals surface area contributed by atoms with E-state index < -0.39 is 12.1 Å². The topological polar surface area (TPSA) is 131 Å². The quantitative estimate of drug-likeness (QED) is 0.230. The molecule has 244 valence electrons. The van der Waals surface area contributed by atoms with E-state index in [4.69, 9.17) is 17.2 Å². The summed E-state index contributed by atoms with van der Waals surface area (Å²) in [4.78, 5) is 32.0. The molecule has 1 aliphatic rings. The van der Waals surface area contributed by atoms with Crippen LogP contribution in [0.2, 0.25) is 0 Å². The number of aryl methyl sites for hydroxylation is 4. The van der Waals surface area contributed by atoms with Crippen LogP contribution in [0.1, 0.15) is 72.9 Å². The lowest BCUT2D eigenvalue weighted by Gasteiger charge is -2.48. The molecule has 1 saturated heterocycles. The number of hydrogen-bond acceptors (Lipinski definition) is 6. The fourth-order valence-corrected chi connectivity index (χ4v) is 6.31. The number of carbonyl (C=O) groups excluding carboxylic acids is 2. The summed E-state index contributed by atoms with van der Waals surface area (Å²) in [6.07, 6.45) is 4.49. The van der Waals surface area contributed by atoms with E-state index >= 15 is 0 Å². The molecular formula is C36H58N6O2. The molecule has 0 aromatic heterocycles. The second-order valence-electron chi connectivity index (χ2n) is 13.4. The molecule has 3 rings (SSSR count). The van der Waals surface area contributed by atoms with Crippen LogP contribution in [0, 0.1) is 33.6 Å². The van der Waals surface area contributed by atoms with Crippen molar-refractivity contribution < 1.29 is 9.59 Å². The number of piperazine rings is 1. The number of carbonyl (C=O) groups is 2. The van der Waals surface area contributed by atoms with E-state index in [-0.39, 0.29) is 23.9 Å². The molecule has 0 saturated carbocycles. The van der Waals surface area contributed by atoms with Gasteiger partial charge < -0.3 is 32.3 Å². The molecule has 4 atom stereocenters. The summed E-state index contributed by atoms with van der Waals surface area (Å²) in [6.45, 7) is 15.9. The van der Waals surface area contributed by atoms with Crippen molar-refractivity contribution in [2.75, 3.05) is 32.7 Å². The fourth-order valence-electron chi connectivity index (χ4n) is 6.31. The van der Waals surface area contributed by atoms with Crippen molar-refractivity contribution >= 4 is 11.8 Å². The highest BCUT2D eigenvalue weighted by Crippen LogP contribution is 2.26. The van der Waals surface area contributed by atoms with Crippen LogP contribution in [-0.4, -0.2) is 78.5 Å². The Morgan fingerprint density at radius 1 is 0.773 bits per heavy atom. The van der Waals surface area contributed by atoms with Gasteiger partial charge in [-0.25, -0.2) is 0 Å². The highest BCUT2D eigenvalue weighted by atomic mass is 16.2. The standard InChI is InChI=1S/C36H58N6O2/c1-24(2)17-32-23-41(35(43)33(38)20-29-12-10-25(3)27(5)18-29)31(9-7-8-15-40-16-14-37)22-42(32)36(44)34(39)21-30-13-11-26(4)28(6)19-30/h10-13,18-19,24,31-34,40H,7-9,14-17,20-23,37-39H2,1-6H3/t31-,32+,33?,34?/m0/s1. The minimum Gasteiger partial charge on any atom is -0.335 e. The number of unbranched alkanes of at least 4 members (excludes halogenated alkanes) is 1. The average molecular weight is 607 g/mol. The number of benzene rings is 2. The summed E-state index contributed by atoms with van der Waals surface area (Å²) in [5.41, 5.74) is 25.9. The first-order chi connectivity index (χ1) is 20.9. The zero-order valence-corrected chi connectivity index (χ0v) is 28.1. The molecule has 7 N–H and O–H groups in total. The molecule has 8 heteroatoms. The maximum Gasteiger partial charge on any atom is 0.240 e. The van der Waals surface area contributed by atoms with Gasteiger partial charge in [-0.2, -0.15) is 0 Å². The van der Waals surface area contributed by atoms with Gasteiger partial charge in [0, 0.05) is 38.3 Å². The molecule has 2 amide bonds. The van der Waals surface area contributed by atoms with E-state index in [2.05, 4.69) is 83.3 Å². The third kappa shape index (κ3) is 10.1. The van der Waals surface area contributed by atoms with Crippen LogP contribution in [0.3, 0.4) is 0 Å². The Bertz CT molecular complexity index is 1230. The molecule has 0 radical (unpaired) electrons. The smallest absolute Gasteiger partial charge is 0.240 e. The van der Waals surface area contributed by atoms with Gasteiger partial charge in [-0.05, 0) is 106 Å². The highest BCUT2D eigenvalue weighted by Gasteiger charge is 2.40. The van der Waals surface area contributed by atoms with Gasteiger partial charge in [-0.1, -0.05) is 56.7 Å². The van der Waals surface area contributed by atoms with Crippen LogP contribution in [0.4, 0.5) is 0 Å². The second kappa shape index (κ2) is 17.1. The lowest BCUT2D eigenvalue weighted by atomic mass is 9.92. The molecule has 44 heavy (non-hydrogen) atoms. The molecule has 8 nitrogen and oxygen atoms in total. The Kier molecular flexibility index (Phi) is 13.8. The molecule has 0 bridgehead atoms. The minimum atomic E-state index is -0.639. The van der Waals surface area contributed by atoms with Crippen LogP contribution in [0.25, 0.3) is 0 Å². The minimum absolute atomic E-state index is 0.0324. The van der Waals surface area contributed by atoms with Crippen LogP contribution in [0.5, 0.6) is 0 Å². The predicted molar refractivity (Wildman–Crippen MR) is 181 cm³/mol. The molecule has 1 aliphatic heterocycles. The van der Waals surface area contributed by atoms with Crippen molar-refractivity contribution in [3.8, 4) is 0 Å². The number of nitrogens with one attached hydrogen (secondary N) is 1. The molecule has 1 heterocycles. The normalized spacial score (nSPS) is 18.5. The van der Waals surface area contributed by atoms with Crippen LogP contribution >= 0.6 is 0 Å². The highest BCUT2D eigenvalue weighted by molar-refractivity contribution is 5.85. The monoisotopic (exact) mass is 606 g/mol. The Morgan fingerprint density at radius 3 is 1.75 bits per heavy atom. The van der Waals surface area contributed by atoms with Crippen molar-refractivity contribution in [1.82, 2.24) is 15.1 Å². The summed E-state index contributed by atoms with van der Waals surface area (Å²) in [6, 6.07) is 11.1. The van der Waals surface area contributed by atoms with Crippen molar-refractivity contribution in [2.24, 2.45) is 23.1 Å². The maximum absolute atomic E-state index is 14.0. The maximum atomic E-state index is 14.0. The van der Waals surface area contributed by atoms with E-state index in [1.54, 1.807) is 0 Å². The van der Waals surface area contributed by atoms with Crippen molar-refractivity contribution in [3.05, 3.63) is 69.8 Å². The van der Waals surface area contributed by atoms with Gasteiger partial charge in [0.15, 0.2) is 0 Å². The predicted octanol–water partition coefficient (Wildman–Crippen LogP) is 3.53. The molecule has 2 unspecified atom stereocenters. The molecule has 0 spiro atoms. The Balaban J connectivity index is 1.81. The summed E-state index contributed by atoms with van der Waals surface area (Å²) in [7, 11) is 0. The molecule has 2 aromatic carbocycles. The lowest BCUT2D eigenvalue weighted by molar-refractivity contribution is -0.149. The van der Waals surface area contributed by atoms with E-state index in [1.807, 2.05) is 9.80 Å². The molecule has 0 aliphatic carbocycles. The van der Waals surface area contributed by atoms with Crippen LogP contribution in [0.15, 0.2) is 36.4 Å². The van der Waals surface area contributed by atoms with Gasteiger partial charge >= 0.3 is 0 Å². The van der Waals surface area contributed by atoms with Gasteiger partial charge in [0.25, 0.3) is 0 Å². The van der Waals surface area contributed by atoms with Gasteiger partial charge in [0.2, 0.25) is 11.8 Å². The van der Waals surface area contributed by atoms with Gasteiger partial charge in [-0.3, -0.25) is 9.59 Å². The number of rotatable bonds is 15. The summed E-state index contributed by atoms with van der Waals surface area (Å²) < 4.78 is 0. The first-order valence-electron chi connectivity index (χ1n) is 16.6. The number of hydrogen-bond donors (Lipinski definition) is 4. The van der Waals surface area contributed by atoms with Crippen LogP contribution in [-0.2, 0) is 22.4 Å². The Labute approximate surface area is 266 Å². The van der Waals surface area contributed by atoms with Crippen molar-refractivity contribution in [3.63, 3.8) is 0 Å². The zero-order chi connectivity index (χ0) is 32.4. The third-order valence-corrected chi connectivity index (χ3v) is 9.16. The largest absolute Gasteiger partial charge is 0.335 e. The SMILES string of the molecule is Cc1ccc(CC(N)C(=O)N2C[C@H](CCCCNCCN)N(C(=O)C(N)Cc3ccc(C)c(C)c3)C[C@H]2CC(C)C)cc1C. The summed E-state index contributed by atoms with van der Waals surface area (Å²) in [5.74, 6) is 0.294. The third-order valence-electron chi connectivity index (χ3n) is 9.16. The number of nitrogens with zero attached hydrogens (tertiary/aromatic N) is 2. The zero-order valence-electron chi connectivity index (χ0n) is 28.1. The van der Waals surface area contributed by atoms with Crippen LogP contribution < -0.4 is 22.5 Å². The lowest BCUT2D eigenvalue weighted by Crippen LogP contribution is -2.65. The first-order valence-corrected chi connectivity index (χ1v) is 16.6. The number of nitrogens with two attached hydrogens (primary N) is 3. The van der Waals surface area contributed by atoms with E-state index in [9.17, 15) is 9.59 Å². The van der Waals surface area contributed by atoms with Gasteiger partial charge in [0.1, 0.15) is 0 Å². The second-order valence-corrected chi connectivity index (χ2v) is 13.4. The van der Waals surface area contributed by atoms with E-state index in [0.29, 0.717) is 38.4 Å². The summed E-state index contributed by atoms with van der Waals surface area (Å²) >= 11 is 0. The number of amides is 2. The molecular weight excluding hydrogens is 548 g/mol. The van der Waals surface area contributed by atoms with Crippen molar-refractivity contribution in [2.45, 2.75) is 104 Å². The molecule has 1 fully saturated rings.